The van der Waals surface area contributed by atoms with Gasteiger partial charge in [-0.3, -0.25) is 39.9 Å². The molecule has 8 heterocycles. The lowest BCUT2D eigenvalue weighted by Crippen LogP contribution is -1.96. The van der Waals surface area contributed by atoms with E-state index in [4.69, 9.17) is 19.9 Å². The van der Waals surface area contributed by atoms with Crippen LogP contribution in [-0.2, 0) is 0 Å². The van der Waals surface area contributed by atoms with Crippen molar-refractivity contribution in [1.29, 1.82) is 0 Å². The molecule has 0 aliphatic rings. The van der Waals surface area contributed by atoms with Crippen LogP contribution >= 0.6 is 0 Å². The van der Waals surface area contributed by atoms with Gasteiger partial charge in [0, 0.05) is 71.8 Å². The van der Waals surface area contributed by atoms with Crippen molar-refractivity contribution in [3.8, 4) is 90.1 Å². The van der Waals surface area contributed by atoms with Gasteiger partial charge in [-0.05, 0) is 107 Å². The van der Waals surface area contributed by atoms with Crippen molar-refractivity contribution >= 4 is 0 Å². The summed E-state index contributed by atoms with van der Waals surface area (Å²) in [5, 5.41) is 0. The van der Waals surface area contributed by atoms with Gasteiger partial charge in [-0.15, -0.1) is 0 Å². The number of nitrogens with zero attached hydrogens (tertiary/aromatic N) is 8. The lowest BCUT2D eigenvalue weighted by atomic mass is 9.86. The van der Waals surface area contributed by atoms with E-state index >= 15 is 0 Å². The normalized spacial score (nSPS) is 11.0. The highest BCUT2D eigenvalue weighted by molar-refractivity contribution is 5.95. The summed E-state index contributed by atoms with van der Waals surface area (Å²) < 4.78 is 0. The third kappa shape index (κ3) is 6.63. The molecule has 1 aromatic carbocycles. The van der Waals surface area contributed by atoms with E-state index in [1.165, 1.54) is 0 Å². The summed E-state index contributed by atoms with van der Waals surface area (Å²) in [4.78, 5) is 37.5. The van der Waals surface area contributed by atoms with E-state index in [9.17, 15) is 0 Å². The van der Waals surface area contributed by atoms with Gasteiger partial charge in [0.2, 0.25) is 0 Å². The smallest absolute Gasteiger partial charge is 0.0886 e. The van der Waals surface area contributed by atoms with Gasteiger partial charge in [-0.2, -0.15) is 0 Å². The standard InChI is InChI=1S/C46H30N8/c1-5-21-47-39(9-1)43-17-13-31(27-51-43)35-25-37(33-15-19-45(53-29-33)41-11-3-7-23-49-41)38(34-16-20-46(54-30-34)42-12-4-8-24-50-42)26-36(35)32-14-18-44(52-28-32)40-10-2-6-22-48-40/h1-30H. The SMILES string of the molecule is c1ccc(-c2ccc(-c3cc(-c4ccc(-c5ccccn5)nc4)c(-c4ccc(-c5ccccn5)nc4)cc3-c3ccc(-c4ccccn4)nc3)cn2)nc1. The Morgan fingerprint density at radius 2 is 0.463 bits per heavy atom. The molecule has 0 fully saturated rings. The zero-order valence-electron chi connectivity index (χ0n) is 28.9. The Kier molecular flexibility index (Phi) is 8.73. The topological polar surface area (TPSA) is 103 Å². The Morgan fingerprint density at radius 3 is 0.648 bits per heavy atom. The second-order valence-electron chi connectivity index (χ2n) is 12.5. The van der Waals surface area contributed by atoms with Crippen LogP contribution in [0.15, 0.2) is 183 Å². The van der Waals surface area contributed by atoms with E-state index < -0.39 is 0 Å². The van der Waals surface area contributed by atoms with Crippen molar-refractivity contribution in [2.45, 2.75) is 0 Å². The van der Waals surface area contributed by atoms with E-state index in [2.05, 4.69) is 56.3 Å². The fraction of sp³-hybridized carbons (Fsp3) is 0. The first-order chi connectivity index (χ1) is 26.8. The number of benzene rings is 1. The van der Waals surface area contributed by atoms with Crippen LogP contribution in [0.25, 0.3) is 90.1 Å². The maximum atomic E-state index is 4.86. The number of aromatic nitrogens is 8. The first-order valence-corrected chi connectivity index (χ1v) is 17.5. The van der Waals surface area contributed by atoms with E-state index in [0.717, 1.165) is 90.1 Å². The minimum absolute atomic E-state index is 0.799. The predicted molar refractivity (Wildman–Crippen MR) is 212 cm³/mol. The molecule has 0 N–H and O–H groups in total. The largest absolute Gasteiger partial charge is 0.255 e. The van der Waals surface area contributed by atoms with Crippen LogP contribution < -0.4 is 0 Å². The van der Waals surface area contributed by atoms with E-state index in [1.54, 1.807) is 24.8 Å². The molecule has 254 valence electrons. The maximum absolute atomic E-state index is 4.86. The van der Waals surface area contributed by atoms with Crippen LogP contribution in [0, 0.1) is 0 Å². The number of hydrogen-bond acceptors (Lipinski definition) is 8. The van der Waals surface area contributed by atoms with Crippen LogP contribution in [0.5, 0.6) is 0 Å². The minimum atomic E-state index is 0.799. The van der Waals surface area contributed by atoms with Gasteiger partial charge in [0.1, 0.15) is 0 Å². The highest BCUT2D eigenvalue weighted by Gasteiger charge is 2.18. The summed E-state index contributed by atoms with van der Waals surface area (Å²) in [7, 11) is 0. The number of hydrogen-bond donors (Lipinski definition) is 0. The Hall–Kier alpha value is -7.58. The molecule has 0 amide bonds. The molecule has 0 saturated heterocycles. The molecule has 0 bridgehead atoms. The van der Waals surface area contributed by atoms with E-state index in [1.807, 2.05) is 122 Å². The molecule has 8 nitrogen and oxygen atoms in total. The highest BCUT2D eigenvalue weighted by atomic mass is 14.8. The molecule has 0 aliphatic carbocycles. The number of pyridine rings is 8. The summed E-state index contributed by atoms with van der Waals surface area (Å²) in [5.41, 5.74) is 14.2. The molecule has 9 rings (SSSR count). The first kappa shape index (κ1) is 32.3. The summed E-state index contributed by atoms with van der Waals surface area (Å²) in [6.07, 6.45) is 14.8. The third-order valence-corrected chi connectivity index (χ3v) is 9.16. The van der Waals surface area contributed by atoms with Crippen molar-refractivity contribution in [2.75, 3.05) is 0 Å². The summed E-state index contributed by atoms with van der Waals surface area (Å²) in [6, 6.07) is 44.2. The molecule has 0 atom stereocenters. The van der Waals surface area contributed by atoms with E-state index in [0.29, 0.717) is 0 Å². The molecular weight excluding hydrogens is 665 g/mol. The van der Waals surface area contributed by atoms with Gasteiger partial charge in [0.25, 0.3) is 0 Å². The summed E-state index contributed by atoms with van der Waals surface area (Å²) >= 11 is 0. The van der Waals surface area contributed by atoms with Crippen LogP contribution in [-0.4, -0.2) is 39.9 Å². The average molecular weight is 695 g/mol. The fourth-order valence-corrected chi connectivity index (χ4v) is 6.43. The quantitative estimate of drug-likeness (QED) is 0.155. The van der Waals surface area contributed by atoms with Gasteiger partial charge in [0.15, 0.2) is 0 Å². The van der Waals surface area contributed by atoms with Gasteiger partial charge in [-0.1, -0.05) is 48.5 Å². The lowest BCUT2D eigenvalue weighted by Gasteiger charge is -2.18. The molecule has 8 aromatic heterocycles. The molecule has 9 aromatic rings. The zero-order chi connectivity index (χ0) is 36.1. The fourth-order valence-electron chi connectivity index (χ4n) is 6.43. The predicted octanol–water partition coefficient (Wildman–Crippen LogP) is 10.2. The molecular formula is C46H30N8. The van der Waals surface area contributed by atoms with Crippen molar-refractivity contribution in [3.05, 3.63) is 183 Å². The van der Waals surface area contributed by atoms with Crippen LogP contribution in [0.2, 0.25) is 0 Å². The molecule has 0 spiro atoms. The van der Waals surface area contributed by atoms with Gasteiger partial charge in [0.05, 0.1) is 45.6 Å². The first-order valence-electron chi connectivity index (χ1n) is 17.5. The Morgan fingerprint density at radius 1 is 0.222 bits per heavy atom. The van der Waals surface area contributed by atoms with Crippen LogP contribution in [0.4, 0.5) is 0 Å². The monoisotopic (exact) mass is 694 g/mol. The van der Waals surface area contributed by atoms with Crippen LogP contribution in [0.1, 0.15) is 0 Å². The van der Waals surface area contributed by atoms with Gasteiger partial charge in [-0.25, -0.2) is 0 Å². The van der Waals surface area contributed by atoms with Crippen molar-refractivity contribution < 1.29 is 0 Å². The molecule has 0 saturated carbocycles. The minimum Gasteiger partial charge on any atom is -0.255 e. The molecule has 54 heavy (non-hydrogen) atoms. The Labute approximate surface area is 312 Å². The Bertz CT molecular complexity index is 2260. The van der Waals surface area contributed by atoms with Crippen molar-refractivity contribution in [2.24, 2.45) is 0 Å². The summed E-state index contributed by atoms with van der Waals surface area (Å²) in [5.74, 6) is 0. The highest BCUT2D eigenvalue weighted by Crippen LogP contribution is 2.42. The lowest BCUT2D eigenvalue weighted by molar-refractivity contribution is 1.24. The molecule has 0 radical (unpaired) electrons. The second-order valence-corrected chi connectivity index (χ2v) is 12.5. The van der Waals surface area contributed by atoms with Gasteiger partial charge >= 0.3 is 0 Å². The Balaban J connectivity index is 1.23. The molecule has 0 unspecified atom stereocenters. The van der Waals surface area contributed by atoms with Crippen LogP contribution in [0.3, 0.4) is 0 Å². The molecule has 0 aliphatic heterocycles. The number of rotatable bonds is 8. The zero-order valence-corrected chi connectivity index (χ0v) is 28.9. The van der Waals surface area contributed by atoms with Gasteiger partial charge < -0.3 is 0 Å². The maximum Gasteiger partial charge on any atom is 0.0886 e. The van der Waals surface area contributed by atoms with Crippen molar-refractivity contribution in [3.63, 3.8) is 0 Å². The third-order valence-electron chi connectivity index (χ3n) is 9.16. The van der Waals surface area contributed by atoms with Crippen molar-refractivity contribution in [1.82, 2.24) is 39.9 Å². The summed E-state index contributed by atoms with van der Waals surface area (Å²) in [6.45, 7) is 0. The second kappa shape index (κ2) is 14.6. The average Bonchev–Trinajstić information content (AvgIpc) is 3.27. The molecule has 8 heteroatoms. The van der Waals surface area contributed by atoms with E-state index in [-0.39, 0.29) is 0 Å².